The summed E-state index contributed by atoms with van der Waals surface area (Å²) in [5, 5.41) is 12.4. The molecule has 1 unspecified atom stereocenters. The van der Waals surface area contributed by atoms with Crippen LogP contribution in [0, 0.1) is 25.5 Å². The lowest BCUT2D eigenvalue weighted by atomic mass is 9.98. The van der Waals surface area contributed by atoms with E-state index in [1.54, 1.807) is 24.6 Å². The number of anilines is 1. The Balaban J connectivity index is 1.50. The molecule has 3 aromatic carbocycles. The Morgan fingerprint density at radius 3 is 2.62 bits per heavy atom. The van der Waals surface area contributed by atoms with Gasteiger partial charge in [0.1, 0.15) is 11.3 Å². The van der Waals surface area contributed by atoms with E-state index in [0.717, 1.165) is 28.1 Å². The number of fused-ring (bicyclic) bond motifs is 2. The van der Waals surface area contributed by atoms with Gasteiger partial charge in [-0.2, -0.15) is 5.10 Å². The lowest BCUT2D eigenvalue weighted by Crippen LogP contribution is -2.13. The number of halogens is 2. The van der Waals surface area contributed by atoms with Crippen LogP contribution in [0.4, 0.5) is 14.5 Å². The molecule has 0 aliphatic rings. The van der Waals surface area contributed by atoms with Crippen LogP contribution in [0.1, 0.15) is 29.7 Å². The summed E-state index contributed by atoms with van der Waals surface area (Å²) < 4.78 is 41.7. The molecule has 3 aromatic heterocycles. The highest BCUT2D eigenvalue weighted by atomic mass is 19.2. The monoisotopic (exact) mass is 543 g/mol. The summed E-state index contributed by atoms with van der Waals surface area (Å²) in [5.74, 6) is -3.06. The second-order valence-corrected chi connectivity index (χ2v) is 9.79. The Kier molecular flexibility index (Phi) is 5.86. The molecule has 1 atom stereocenters. The Morgan fingerprint density at radius 1 is 1.07 bits per heavy atom. The van der Waals surface area contributed by atoms with Gasteiger partial charge in [0.2, 0.25) is 0 Å². The van der Waals surface area contributed by atoms with Gasteiger partial charge in [-0.15, -0.1) is 0 Å². The summed E-state index contributed by atoms with van der Waals surface area (Å²) in [6, 6.07) is 11.0. The van der Waals surface area contributed by atoms with Crippen molar-refractivity contribution in [2.75, 3.05) is 5.32 Å². The molecule has 0 radical (unpaired) electrons. The quantitative estimate of drug-likeness (QED) is 0.284. The van der Waals surface area contributed by atoms with E-state index in [9.17, 15) is 18.4 Å². The van der Waals surface area contributed by atoms with E-state index in [1.807, 2.05) is 44.4 Å². The molecule has 0 spiro atoms. The van der Waals surface area contributed by atoms with Crippen LogP contribution in [0.2, 0.25) is 0 Å². The van der Waals surface area contributed by atoms with Crippen LogP contribution in [0.3, 0.4) is 0 Å². The van der Waals surface area contributed by atoms with Gasteiger partial charge >= 0.3 is 5.76 Å². The van der Waals surface area contributed by atoms with Crippen molar-refractivity contribution in [2.45, 2.75) is 26.8 Å². The van der Waals surface area contributed by atoms with E-state index in [0.29, 0.717) is 27.9 Å². The number of nitrogens with zero attached hydrogens (tertiary/aromatic N) is 3. The molecule has 0 amide bonds. The second kappa shape index (κ2) is 9.30. The van der Waals surface area contributed by atoms with Crippen molar-refractivity contribution < 1.29 is 17.7 Å². The lowest BCUT2D eigenvalue weighted by Gasteiger charge is -2.20. The summed E-state index contributed by atoms with van der Waals surface area (Å²) in [7, 11) is 1.84. The maximum absolute atomic E-state index is 14.9. The molecule has 0 fully saturated rings. The van der Waals surface area contributed by atoms with Crippen LogP contribution in [0.15, 0.2) is 67.2 Å². The number of rotatable bonds is 5. The maximum atomic E-state index is 14.9. The molecule has 0 saturated heterocycles. The van der Waals surface area contributed by atoms with Gasteiger partial charge in [-0.25, -0.2) is 13.6 Å². The van der Waals surface area contributed by atoms with Crippen LogP contribution in [0.5, 0.6) is 0 Å². The third kappa shape index (κ3) is 4.15. The van der Waals surface area contributed by atoms with Crippen molar-refractivity contribution >= 4 is 27.6 Å². The average molecular weight is 544 g/mol. The minimum absolute atomic E-state index is 0.155. The molecule has 9 nitrogen and oxygen atoms in total. The summed E-state index contributed by atoms with van der Waals surface area (Å²) in [6.45, 7) is 5.38. The van der Waals surface area contributed by atoms with E-state index in [2.05, 4.69) is 25.1 Å². The zero-order valence-corrected chi connectivity index (χ0v) is 21.9. The van der Waals surface area contributed by atoms with Crippen LogP contribution in [-0.4, -0.2) is 19.9 Å². The fourth-order valence-corrected chi connectivity index (χ4v) is 5.01. The third-order valence-electron chi connectivity index (χ3n) is 6.88. The number of aromatic amines is 1. The predicted molar refractivity (Wildman–Crippen MR) is 146 cm³/mol. The Morgan fingerprint density at radius 2 is 1.88 bits per heavy atom. The molecule has 202 valence electrons. The van der Waals surface area contributed by atoms with Gasteiger partial charge in [-0.1, -0.05) is 11.2 Å². The molecule has 11 heteroatoms. The van der Waals surface area contributed by atoms with Crippen molar-refractivity contribution in [3.8, 4) is 22.7 Å². The molecular weight excluding hydrogens is 520 g/mol. The summed E-state index contributed by atoms with van der Waals surface area (Å²) in [4.78, 5) is 27.3. The summed E-state index contributed by atoms with van der Waals surface area (Å²) in [5.41, 5.74) is 3.50. The van der Waals surface area contributed by atoms with Crippen LogP contribution in [0.25, 0.3) is 44.6 Å². The normalized spacial score (nSPS) is 12.3. The largest absolute Gasteiger partial charge is 0.455 e. The predicted octanol–water partition coefficient (Wildman–Crippen LogP) is 5.76. The van der Waals surface area contributed by atoms with E-state index < -0.39 is 23.4 Å². The molecule has 6 aromatic rings. The van der Waals surface area contributed by atoms with Crippen molar-refractivity contribution in [1.82, 2.24) is 19.9 Å². The Hall–Kier alpha value is -5.06. The number of aryl methyl sites for hydroxylation is 2. The third-order valence-corrected chi connectivity index (χ3v) is 6.88. The van der Waals surface area contributed by atoms with Crippen molar-refractivity contribution in [3.05, 3.63) is 97.8 Å². The van der Waals surface area contributed by atoms with E-state index in [-0.39, 0.29) is 22.5 Å². The fraction of sp³-hybridized carbons (Fsp3) is 0.172. The minimum Gasteiger partial charge on any atom is -0.455 e. The molecule has 0 aliphatic carbocycles. The van der Waals surface area contributed by atoms with Gasteiger partial charge in [-0.05, 0) is 62.7 Å². The molecule has 0 bridgehead atoms. The molecule has 2 N–H and O–H groups in total. The van der Waals surface area contributed by atoms with E-state index in [1.165, 1.54) is 6.07 Å². The van der Waals surface area contributed by atoms with Gasteiger partial charge in [0, 0.05) is 41.0 Å². The molecule has 0 aliphatic heterocycles. The Bertz CT molecular complexity index is 2070. The standard InChI is InChI=1S/C29H23F2N5O4/c1-13-9-18(15(3)32-22-8-6-20(30)24(31)23(22)28-33-29(38)40-35-28)27-19(10-13)25(37)14(2)26(39-27)16-5-7-21-17(11-16)12-36(4)34-21/h5-12,15,32H,1-4H3,(H,33,35,38). The number of nitrogens with one attached hydrogen (secondary N) is 2. The second-order valence-electron chi connectivity index (χ2n) is 9.79. The van der Waals surface area contributed by atoms with Gasteiger partial charge in [0.05, 0.1) is 22.5 Å². The number of hydrogen-bond acceptors (Lipinski definition) is 7. The highest BCUT2D eigenvalue weighted by Crippen LogP contribution is 2.36. The highest BCUT2D eigenvalue weighted by molar-refractivity contribution is 5.87. The first-order valence-electron chi connectivity index (χ1n) is 12.4. The maximum Gasteiger partial charge on any atom is 0.439 e. The topological polar surface area (TPSA) is 119 Å². The first-order chi connectivity index (χ1) is 19.1. The highest BCUT2D eigenvalue weighted by Gasteiger charge is 2.23. The van der Waals surface area contributed by atoms with E-state index in [4.69, 9.17) is 4.42 Å². The zero-order valence-electron chi connectivity index (χ0n) is 21.9. The first-order valence-corrected chi connectivity index (χ1v) is 12.4. The van der Waals surface area contributed by atoms with Gasteiger partial charge in [0.25, 0.3) is 0 Å². The number of benzene rings is 3. The van der Waals surface area contributed by atoms with Crippen LogP contribution in [-0.2, 0) is 7.05 Å². The van der Waals surface area contributed by atoms with Crippen LogP contribution < -0.4 is 16.5 Å². The summed E-state index contributed by atoms with van der Waals surface area (Å²) in [6.07, 6.45) is 1.88. The number of H-pyrrole nitrogens is 1. The van der Waals surface area contributed by atoms with E-state index >= 15 is 0 Å². The van der Waals surface area contributed by atoms with Crippen molar-refractivity contribution in [2.24, 2.45) is 7.05 Å². The van der Waals surface area contributed by atoms with Gasteiger partial charge in [0.15, 0.2) is 22.9 Å². The first kappa shape index (κ1) is 25.2. The Labute approximate surface area is 225 Å². The van der Waals surface area contributed by atoms with Crippen molar-refractivity contribution in [1.29, 1.82) is 0 Å². The van der Waals surface area contributed by atoms with Crippen molar-refractivity contribution in [3.63, 3.8) is 0 Å². The number of hydrogen-bond donors (Lipinski definition) is 2. The number of aromatic nitrogens is 4. The fourth-order valence-electron chi connectivity index (χ4n) is 5.01. The van der Waals surface area contributed by atoms with Gasteiger partial charge < -0.3 is 9.73 Å². The molecule has 6 rings (SSSR count). The van der Waals surface area contributed by atoms with Crippen LogP contribution >= 0.6 is 0 Å². The SMILES string of the molecule is Cc1cc(C(C)Nc2ccc(F)c(F)c2-c2noc(=O)[nH]2)c2oc(-c3ccc4nn(C)cc4c3)c(C)c(=O)c2c1. The molecule has 3 heterocycles. The zero-order chi connectivity index (χ0) is 28.3. The summed E-state index contributed by atoms with van der Waals surface area (Å²) >= 11 is 0. The smallest absolute Gasteiger partial charge is 0.439 e. The average Bonchev–Trinajstić information content (AvgIpc) is 3.51. The lowest BCUT2D eigenvalue weighted by molar-refractivity contribution is 0.387. The molecule has 40 heavy (non-hydrogen) atoms. The molecular formula is C29H23F2N5O4. The minimum atomic E-state index is -1.20. The van der Waals surface area contributed by atoms with Gasteiger partial charge in [-0.3, -0.25) is 19.0 Å². The molecule has 0 saturated carbocycles.